The van der Waals surface area contributed by atoms with E-state index in [2.05, 4.69) is 40.7 Å². The molecule has 0 saturated carbocycles. The van der Waals surface area contributed by atoms with Crippen molar-refractivity contribution in [2.24, 2.45) is 5.92 Å². The van der Waals surface area contributed by atoms with E-state index in [1.54, 1.807) is 6.20 Å². The first-order valence-electron chi connectivity index (χ1n) is 11.9. The van der Waals surface area contributed by atoms with Gasteiger partial charge in [-0.05, 0) is 47.6 Å². The molecule has 3 aromatic rings. The van der Waals surface area contributed by atoms with Gasteiger partial charge in [-0.15, -0.1) is 0 Å². The fraction of sp³-hybridized carbons (Fsp3) is 0.385. The number of sulfonamides is 1. The molecule has 1 saturated heterocycles. The molecule has 1 unspecified atom stereocenters. The van der Waals surface area contributed by atoms with Gasteiger partial charge in [0.2, 0.25) is 15.9 Å². The van der Waals surface area contributed by atoms with E-state index in [0.29, 0.717) is 32.4 Å². The number of amides is 1. The van der Waals surface area contributed by atoms with Gasteiger partial charge < -0.3 is 5.32 Å². The summed E-state index contributed by atoms with van der Waals surface area (Å²) in [6.07, 6.45) is 5.72. The van der Waals surface area contributed by atoms with Gasteiger partial charge in [0.05, 0.1) is 18.2 Å². The molecule has 1 aliphatic heterocycles. The van der Waals surface area contributed by atoms with Crippen molar-refractivity contribution in [3.63, 3.8) is 0 Å². The van der Waals surface area contributed by atoms with Gasteiger partial charge in [0.1, 0.15) is 0 Å². The lowest BCUT2D eigenvalue weighted by Crippen LogP contribution is -2.45. The summed E-state index contributed by atoms with van der Waals surface area (Å²) < 4.78 is 28.2. The van der Waals surface area contributed by atoms with E-state index in [-0.39, 0.29) is 24.1 Å². The SMILES string of the molecule is CCCS(=O)(=O)N1CCCC(C(=O)NCc2ccccc2-c2ccc(Cn3cccn3)cc2)C1. The largest absolute Gasteiger partial charge is 0.352 e. The van der Waals surface area contributed by atoms with Crippen LogP contribution < -0.4 is 5.32 Å². The number of rotatable bonds is 9. The minimum absolute atomic E-state index is 0.0826. The van der Waals surface area contributed by atoms with Gasteiger partial charge in [0.25, 0.3) is 0 Å². The van der Waals surface area contributed by atoms with Crippen LogP contribution >= 0.6 is 0 Å². The van der Waals surface area contributed by atoms with E-state index in [1.165, 1.54) is 4.31 Å². The zero-order chi connectivity index (χ0) is 24.0. The summed E-state index contributed by atoms with van der Waals surface area (Å²) in [5, 5.41) is 7.30. The molecule has 2 heterocycles. The zero-order valence-electron chi connectivity index (χ0n) is 19.6. The zero-order valence-corrected chi connectivity index (χ0v) is 20.4. The van der Waals surface area contributed by atoms with E-state index in [0.717, 1.165) is 28.8 Å². The third-order valence-electron chi connectivity index (χ3n) is 6.25. The van der Waals surface area contributed by atoms with Gasteiger partial charge in [-0.3, -0.25) is 9.48 Å². The molecule has 0 spiro atoms. The average molecular weight is 481 g/mol. The van der Waals surface area contributed by atoms with Crippen LogP contribution in [0.15, 0.2) is 67.0 Å². The molecular weight excluding hydrogens is 448 g/mol. The first-order chi connectivity index (χ1) is 16.5. The van der Waals surface area contributed by atoms with Crippen LogP contribution in [0.5, 0.6) is 0 Å². The van der Waals surface area contributed by atoms with Crippen molar-refractivity contribution in [2.75, 3.05) is 18.8 Å². The van der Waals surface area contributed by atoms with Crippen LogP contribution in [-0.4, -0.2) is 47.3 Å². The lowest BCUT2D eigenvalue weighted by molar-refractivity contribution is -0.126. The molecule has 0 aliphatic carbocycles. The molecule has 8 heteroatoms. The van der Waals surface area contributed by atoms with E-state index in [4.69, 9.17) is 0 Å². The number of hydrogen-bond acceptors (Lipinski definition) is 4. The molecule has 0 radical (unpaired) electrons. The Kier molecular flexibility index (Phi) is 7.80. The highest BCUT2D eigenvalue weighted by atomic mass is 32.2. The predicted octanol–water partition coefficient (Wildman–Crippen LogP) is 3.67. The van der Waals surface area contributed by atoms with Crippen LogP contribution in [0.4, 0.5) is 0 Å². The number of carbonyl (C=O) groups excluding carboxylic acids is 1. The number of piperidine rings is 1. The second-order valence-electron chi connectivity index (χ2n) is 8.79. The van der Waals surface area contributed by atoms with Crippen molar-refractivity contribution in [3.8, 4) is 11.1 Å². The van der Waals surface area contributed by atoms with Gasteiger partial charge in [-0.25, -0.2) is 12.7 Å². The minimum atomic E-state index is -3.28. The maximum Gasteiger partial charge on any atom is 0.224 e. The number of nitrogens with one attached hydrogen (secondary N) is 1. The molecule has 1 amide bonds. The highest BCUT2D eigenvalue weighted by molar-refractivity contribution is 7.89. The van der Waals surface area contributed by atoms with Gasteiger partial charge in [0, 0.05) is 32.0 Å². The Balaban J connectivity index is 1.40. The van der Waals surface area contributed by atoms with Crippen LogP contribution in [0.25, 0.3) is 11.1 Å². The Labute approximate surface area is 201 Å². The Morgan fingerprint density at radius 3 is 2.65 bits per heavy atom. The molecule has 2 aromatic carbocycles. The van der Waals surface area contributed by atoms with E-state index in [1.807, 2.05) is 42.1 Å². The van der Waals surface area contributed by atoms with Crippen molar-refractivity contribution in [3.05, 3.63) is 78.1 Å². The molecule has 34 heavy (non-hydrogen) atoms. The van der Waals surface area contributed by atoms with Gasteiger partial charge in [-0.1, -0.05) is 55.5 Å². The molecular formula is C26H32N4O3S. The number of benzene rings is 2. The van der Waals surface area contributed by atoms with E-state index in [9.17, 15) is 13.2 Å². The Bertz CT molecular complexity index is 1190. The Morgan fingerprint density at radius 1 is 1.12 bits per heavy atom. The second kappa shape index (κ2) is 11.0. The summed E-state index contributed by atoms with van der Waals surface area (Å²) in [6, 6.07) is 18.3. The molecule has 1 N–H and O–H groups in total. The summed E-state index contributed by atoms with van der Waals surface area (Å²) in [6.45, 7) is 3.76. The summed E-state index contributed by atoms with van der Waals surface area (Å²) >= 11 is 0. The van der Waals surface area contributed by atoms with Crippen molar-refractivity contribution >= 4 is 15.9 Å². The van der Waals surface area contributed by atoms with E-state index >= 15 is 0 Å². The van der Waals surface area contributed by atoms with E-state index < -0.39 is 10.0 Å². The molecule has 1 aromatic heterocycles. The van der Waals surface area contributed by atoms with Crippen LogP contribution in [0.1, 0.15) is 37.3 Å². The van der Waals surface area contributed by atoms with Crippen molar-refractivity contribution < 1.29 is 13.2 Å². The fourth-order valence-electron chi connectivity index (χ4n) is 4.45. The summed E-state index contributed by atoms with van der Waals surface area (Å²) in [5.41, 5.74) is 4.35. The highest BCUT2D eigenvalue weighted by Crippen LogP contribution is 2.25. The summed E-state index contributed by atoms with van der Waals surface area (Å²) in [5.74, 6) is -0.259. The standard InChI is InChI=1S/C26H32N4O3S/c1-2-17-34(32,33)30-16-5-8-24(20-30)26(31)27-18-23-7-3-4-9-25(23)22-12-10-21(11-13-22)19-29-15-6-14-28-29/h3-4,6-7,9-15,24H,2,5,8,16-20H2,1H3,(H,27,31). The first-order valence-corrected chi connectivity index (χ1v) is 13.5. The Morgan fingerprint density at radius 2 is 1.91 bits per heavy atom. The lowest BCUT2D eigenvalue weighted by Gasteiger charge is -2.31. The molecule has 180 valence electrons. The number of carbonyl (C=O) groups is 1. The van der Waals surface area contributed by atoms with Gasteiger partial charge in [0.15, 0.2) is 0 Å². The third-order valence-corrected chi connectivity index (χ3v) is 8.29. The maximum atomic E-state index is 12.9. The van der Waals surface area contributed by atoms with Crippen LogP contribution in [0.2, 0.25) is 0 Å². The Hall–Kier alpha value is -2.97. The molecule has 1 atom stereocenters. The summed E-state index contributed by atoms with van der Waals surface area (Å²) in [4.78, 5) is 12.9. The lowest BCUT2D eigenvalue weighted by atomic mass is 9.97. The number of aromatic nitrogens is 2. The monoisotopic (exact) mass is 480 g/mol. The first kappa shape index (κ1) is 24.2. The smallest absolute Gasteiger partial charge is 0.224 e. The highest BCUT2D eigenvalue weighted by Gasteiger charge is 2.31. The topological polar surface area (TPSA) is 84.3 Å². The predicted molar refractivity (Wildman–Crippen MR) is 133 cm³/mol. The minimum Gasteiger partial charge on any atom is -0.352 e. The van der Waals surface area contributed by atoms with Crippen molar-refractivity contribution in [1.29, 1.82) is 0 Å². The molecule has 4 rings (SSSR count). The normalized spacial score (nSPS) is 16.9. The maximum absolute atomic E-state index is 12.9. The molecule has 1 aliphatic rings. The van der Waals surface area contributed by atoms with Crippen molar-refractivity contribution in [2.45, 2.75) is 39.3 Å². The van der Waals surface area contributed by atoms with Crippen LogP contribution in [-0.2, 0) is 27.9 Å². The van der Waals surface area contributed by atoms with Gasteiger partial charge in [-0.2, -0.15) is 5.10 Å². The number of nitrogens with zero attached hydrogens (tertiary/aromatic N) is 3. The summed E-state index contributed by atoms with van der Waals surface area (Å²) in [7, 11) is -3.28. The fourth-order valence-corrected chi connectivity index (χ4v) is 6.04. The third kappa shape index (κ3) is 5.93. The van der Waals surface area contributed by atoms with Crippen LogP contribution in [0, 0.1) is 5.92 Å². The molecule has 7 nitrogen and oxygen atoms in total. The van der Waals surface area contributed by atoms with Crippen molar-refractivity contribution in [1.82, 2.24) is 19.4 Å². The van der Waals surface area contributed by atoms with Gasteiger partial charge >= 0.3 is 0 Å². The second-order valence-corrected chi connectivity index (χ2v) is 10.9. The molecule has 1 fully saturated rings. The quantitative estimate of drug-likeness (QED) is 0.507. The molecule has 0 bridgehead atoms. The number of hydrogen-bond donors (Lipinski definition) is 1. The van der Waals surface area contributed by atoms with Crippen LogP contribution in [0.3, 0.4) is 0 Å². The average Bonchev–Trinajstić information content (AvgIpc) is 3.36.